The van der Waals surface area contributed by atoms with Gasteiger partial charge in [0.25, 0.3) is 0 Å². The summed E-state index contributed by atoms with van der Waals surface area (Å²) in [6.07, 6.45) is -0.149. The average Bonchev–Trinajstić information content (AvgIpc) is 2.28. The standard InChI is InChI=1S/C16H27O4P/c1-7-20-21(18,19)10-12-8-13(11(2)3)15(17)14(9-12)16(4,5)6/h8-9,11,17H,7,10H2,1-6H3,(H,18,19)/p-1. The van der Waals surface area contributed by atoms with Crippen molar-refractivity contribution in [3.8, 4) is 5.75 Å². The Morgan fingerprint density at radius 2 is 1.90 bits per heavy atom. The molecular weight excluding hydrogens is 287 g/mol. The summed E-state index contributed by atoms with van der Waals surface area (Å²) in [6.45, 7) is 11.7. The molecule has 0 saturated heterocycles. The van der Waals surface area contributed by atoms with Crippen molar-refractivity contribution in [2.45, 2.75) is 59.0 Å². The molecule has 120 valence electrons. The van der Waals surface area contributed by atoms with Gasteiger partial charge in [0, 0.05) is 6.16 Å². The maximum Gasteiger partial charge on any atom is 0.139 e. The van der Waals surface area contributed by atoms with E-state index < -0.39 is 7.60 Å². The Balaban J connectivity index is 3.35. The molecule has 5 heteroatoms. The van der Waals surface area contributed by atoms with Gasteiger partial charge in [0.2, 0.25) is 0 Å². The van der Waals surface area contributed by atoms with E-state index in [1.165, 1.54) is 0 Å². The van der Waals surface area contributed by atoms with E-state index in [1.54, 1.807) is 19.1 Å². The van der Waals surface area contributed by atoms with Gasteiger partial charge in [0.05, 0.1) is 6.61 Å². The number of hydrogen-bond donors (Lipinski definition) is 1. The Bertz CT molecular complexity index is 544. The van der Waals surface area contributed by atoms with Crippen LogP contribution in [0.3, 0.4) is 0 Å². The number of phenols is 1. The molecule has 1 aromatic rings. The van der Waals surface area contributed by atoms with Gasteiger partial charge in [-0.3, -0.25) is 0 Å². The highest BCUT2D eigenvalue weighted by atomic mass is 31.2. The maximum atomic E-state index is 11.9. The molecule has 0 aliphatic heterocycles. The van der Waals surface area contributed by atoms with Crippen LogP contribution in [0.5, 0.6) is 5.75 Å². The molecule has 21 heavy (non-hydrogen) atoms. The third-order valence-corrected chi connectivity index (χ3v) is 4.74. The first-order valence-electron chi connectivity index (χ1n) is 7.28. The van der Waals surface area contributed by atoms with Crippen molar-refractivity contribution in [2.24, 2.45) is 0 Å². The molecular formula is C16H26O4P-. The van der Waals surface area contributed by atoms with Crippen LogP contribution in [-0.2, 0) is 20.7 Å². The average molecular weight is 313 g/mol. The largest absolute Gasteiger partial charge is 0.778 e. The van der Waals surface area contributed by atoms with Crippen molar-refractivity contribution in [1.82, 2.24) is 0 Å². The van der Waals surface area contributed by atoms with Gasteiger partial charge in [-0.1, -0.05) is 46.8 Å². The van der Waals surface area contributed by atoms with E-state index in [9.17, 15) is 14.6 Å². The van der Waals surface area contributed by atoms with Crippen LogP contribution >= 0.6 is 7.60 Å². The molecule has 1 N–H and O–H groups in total. The van der Waals surface area contributed by atoms with E-state index in [0.29, 0.717) is 5.56 Å². The molecule has 0 saturated carbocycles. The topological polar surface area (TPSA) is 69.6 Å². The van der Waals surface area contributed by atoms with Crippen molar-refractivity contribution in [1.29, 1.82) is 0 Å². The van der Waals surface area contributed by atoms with Crippen molar-refractivity contribution in [3.63, 3.8) is 0 Å². The molecule has 0 fully saturated rings. The van der Waals surface area contributed by atoms with Gasteiger partial charge in [-0.25, -0.2) is 0 Å². The first-order valence-corrected chi connectivity index (χ1v) is 9.01. The normalized spacial score (nSPS) is 15.2. The Kier molecular flexibility index (Phi) is 5.65. The lowest BCUT2D eigenvalue weighted by atomic mass is 9.82. The summed E-state index contributed by atoms with van der Waals surface area (Å²) in [5.74, 6) is 0.377. The monoisotopic (exact) mass is 313 g/mol. The number of phenolic OH excluding ortho intramolecular Hbond substituents is 1. The third kappa shape index (κ3) is 4.84. The van der Waals surface area contributed by atoms with Crippen LogP contribution in [0.4, 0.5) is 0 Å². The number of rotatable bonds is 5. The quantitative estimate of drug-likeness (QED) is 0.837. The summed E-state index contributed by atoms with van der Waals surface area (Å²) in [6, 6.07) is 3.53. The molecule has 0 bridgehead atoms. The zero-order valence-electron chi connectivity index (χ0n) is 13.8. The minimum atomic E-state index is -3.88. The lowest BCUT2D eigenvalue weighted by Crippen LogP contribution is -2.14. The molecule has 0 amide bonds. The van der Waals surface area contributed by atoms with E-state index in [1.807, 2.05) is 34.6 Å². The van der Waals surface area contributed by atoms with Crippen LogP contribution in [0.2, 0.25) is 0 Å². The molecule has 1 aromatic carbocycles. The van der Waals surface area contributed by atoms with E-state index >= 15 is 0 Å². The fraction of sp³-hybridized carbons (Fsp3) is 0.625. The van der Waals surface area contributed by atoms with Crippen molar-refractivity contribution >= 4 is 7.60 Å². The summed E-state index contributed by atoms with van der Waals surface area (Å²) in [5, 5.41) is 10.4. The summed E-state index contributed by atoms with van der Waals surface area (Å²) < 4.78 is 16.7. The van der Waals surface area contributed by atoms with Crippen LogP contribution < -0.4 is 4.89 Å². The Hall–Kier alpha value is -0.830. The first kappa shape index (κ1) is 18.2. The van der Waals surface area contributed by atoms with Gasteiger partial charge in [-0.15, -0.1) is 0 Å². The Morgan fingerprint density at radius 1 is 1.33 bits per heavy atom. The number of hydrogen-bond acceptors (Lipinski definition) is 4. The lowest BCUT2D eigenvalue weighted by molar-refractivity contribution is -0.198. The van der Waals surface area contributed by atoms with Gasteiger partial charge in [-0.2, -0.15) is 0 Å². The molecule has 0 spiro atoms. The molecule has 1 rings (SSSR count). The minimum absolute atomic E-state index is 0.115. The second-order valence-electron chi connectivity index (χ2n) is 6.67. The highest BCUT2D eigenvalue weighted by molar-refractivity contribution is 7.50. The summed E-state index contributed by atoms with van der Waals surface area (Å²) in [4.78, 5) is 11.9. The van der Waals surface area contributed by atoms with E-state index in [-0.39, 0.29) is 29.9 Å². The molecule has 4 nitrogen and oxygen atoms in total. The Morgan fingerprint density at radius 3 is 2.33 bits per heavy atom. The molecule has 1 unspecified atom stereocenters. The summed E-state index contributed by atoms with van der Waals surface area (Å²) >= 11 is 0. The number of aromatic hydroxyl groups is 1. The van der Waals surface area contributed by atoms with Gasteiger partial charge < -0.3 is 19.1 Å². The molecule has 0 radical (unpaired) electrons. The SMILES string of the molecule is CCOP(=O)([O-])Cc1cc(C(C)C)c(O)c(C(C)(C)C)c1. The predicted molar refractivity (Wildman–Crippen MR) is 83.8 cm³/mol. The van der Waals surface area contributed by atoms with Crippen molar-refractivity contribution in [3.05, 3.63) is 28.8 Å². The predicted octanol–water partition coefficient (Wildman–Crippen LogP) is 3.90. The molecule has 1 atom stereocenters. The minimum Gasteiger partial charge on any atom is -0.778 e. The molecule has 0 aliphatic carbocycles. The number of benzene rings is 1. The zero-order valence-corrected chi connectivity index (χ0v) is 14.7. The first-order chi connectivity index (χ1) is 9.48. The van der Waals surface area contributed by atoms with Crippen molar-refractivity contribution < 1.29 is 19.1 Å². The molecule has 0 heterocycles. The van der Waals surface area contributed by atoms with Crippen LogP contribution in [-0.4, -0.2) is 11.7 Å². The summed E-state index contributed by atoms with van der Waals surface area (Å²) in [5.41, 5.74) is 1.93. The highest BCUT2D eigenvalue weighted by Crippen LogP contribution is 2.44. The second-order valence-corrected chi connectivity index (χ2v) is 8.47. The van der Waals surface area contributed by atoms with Crippen LogP contribution in [0.15, 0.2) is 12.1 Å². The smallest absolute Gasteiger partial charge is 0.139 e. The van der Waals surface area contributed by atoms with E-state index in [0.717, 1.165) is 11.1 Å². The van der Waals surface area contributed by atoms with Crippen LogP contribution in [0.25, 0.3) is 0 Å². The third-order valence-electron chi connectivity index (χ3n) is 3.33. The van der Waals surface area contributed by atoms with Gasteiger partial charge in [-0.05, 0) is 34.9 Å². The lowest BCUT2D eigenvalue weighted by Gasteiger charge is -2.27. The van der Waals surface area contributed by atoms with Gasteiger partial charge in [0.15, 0.2) is 0 Å². The van der Waals surface area contributed by atoms with Crippen molar-refractivity contribution in [2.75, 3.05) is 6.61 Å². The van der Waals surface area contributed by atoms with E-state index in [4.69, 9.17) is 4.52 Å². The van der Waals surface area contributed by atoms with Crippen LogP contribution in [0, 0.1) is 0 Å². The highest BCUT2D eigenvalue weighted by Gasteiger charge is 2.23. The molecule has 0 aliphatic rings. The second kappa shape index (κ2) is 6.51. The maximum absolute atomic E-state index is 11.9. The van der Waals surface area contributed by atoms with E-state index in [2.05, 4.69) is 0 Å². The van der Waals surface area contributed by atoms with Gasteiger partial charge >= 0.3 is 0 Å². The fourth-order valence-corrected chi connectivity index (χ4v) is 3.40. The summed E-state index contributed by atoms with van der Waals surface area (Å²) in [7, 11) is -3.88. The Labute approximate surface area is 127 Å². The van der Waals surface area contributed by atoms with Gasteiger partial charge in [0.1, 0.15) is 13.3 Å². The fourth-order valence-electron chi connectivity index (χ4n) is 2.29. The zero-order chi connectivity index (χ0) is 16.4. The molecule has 0 aromatic heterocycles. The van der Waals surface area contributed by atoms with Crippen LogP contribution in [0.1, 0.15) is 64.2 Å².